The van der Waals surface area contributed by atoms with Gasteiger partial charge in [-0.15, -0.1) is 0 Å². The topological polar surface area (TPSA) is 68.0 Å². The third-order valence-electron chi connectivity index (χ3n) is 3.19. The molecule has 5 nitrogen and oxygen atoms in total. The van der Waals surface area contributed by atoms with Crippen LogP contribution in [0.25, 0.3) is 11.4 Å². The molecule has 0 saturated heterocycles. The van der Waals surface area contributed by atoms with Crippen molar-refractivity contribution >= 4 is 5.91 Å². The molecule has 1 N–H and O–H groups in total. The lowest BCUT2D eigenvalue weighted by molar-refractivity contribution is -0.120. The van der Waals surface area contributed by atoms with Gasteiger partial charge in [-0.1, -0.05) is 47.6 Å². The lowest BCUT2D eigenvalue weighted by Crippen LogP contribution is -2.24. The number of amides is 1. The van der Waals surface area contributed by atoms with E-state index in [1.165, 1.54) is 12.1 Å². The number of hydrogen-bond donors (Lipinski definition) is 1. The number of aromatic nitrogens is 2. The quantitative estimate of drug-likeness (QED) is 0.786. The Balaban J connectivity index is 1.56. The summed E-state index contributed by atoms with van der Waals surface area (Å²) in [6.07, 6.45) is 0.0947. The van der Waals surface area contributed by atoms with E-state index in [-0.39, 0.29) is 24.7 Å². The van der Waals surface area contributed by atoms with Gasteiger partial charge in [0.1, 0.15) is 5.82 Å². The number of carbonyl (C=O) groups excluding carboxylic acids is 1. The van der Waals surface area contributed by atoms with E-state index in [1.54, 1.807) is 12.1 Å². The molecule has 0 atom stereocenters. The Bertz CT molecular complexity index is 802. The van der Waals surface area contributed by atoms with Crippen molar-refractivity contribution in [3.63, 3.8) is 0 Å². The van der Waals surface area contributed by atoms with E-state index < -0.39 is 0 Å². The van der Waals surface area contributed by atoms with Crippen LogP contribution in [0.3, 0.4) is 0 Å². The fourth-order valence-electron chi connectivity index (χ4n) is 2.10. The first-order chi connectivity index (χ1) is 11.2. The first kappa shape index (κ1) is 14.9. The van der Waals surface area contributed by atoms with Gasteiger partial charge in [-0.3, -0.25) is 4.79 Å². The van der Waals surface area contributed by atoms with Crippen LogP contribution in [0.1, 0.15) is 11.5 Å². The molecule has 6 heteroatoms. The van der Waals surface area contributed by atoms with Gasteiger partial charge in [-0.2, -0.15) is 4.98 Å². The van der Waals surface area contributed by atoms with Gasteiger partial charge < -0.3 is 9.84 Å². The predicted molar refractivity (Wildman–Crippen MR) is 81.7 cm³/mol. The molecule has 3 aromatic rings. The third kappa shape index (κ3) is 4.00. The van der Waals surface area contributed by atoms with E-state index >= 15 is 0 Å². The van der Waals surface area contributed by atoms with Crippen molar-refractivity contribution in [1.82, 2.24) is 15.5 Å². The molecule has 3 rings (SSSR count). The zero-order chi connectivity index (χ0) is 16.1. The molecular weight excluding hydrogens is 297 g/mol. The first-order valence-electron chi connectivity index (χ1n) is 7.10. The Labute approximate surface area is 132 Å². The molecular formula is C17H14FN3O2. The van der Waals surface area contributed by atoms with Crippen molar-refractivity contribution in [3.05, 3.63) is 71.9 Å². The molecule has 2 aromatic carbocycles. The van der Waals surface area contributed by atoms with Gasteiger partial charge in [-0.25, -0.2) is 4.39 Å². The summed E-state index contributed by atoms with van der Waals surface area (Å²) in [5.41, 5.74) is 1.45. The fourth-order valence-corrected chi connectivity index (χ4v) is 2.10. The molecule has 0 bridgehead atoms. The summed E-state index contributed by atoms with van der Waals surface area (Å²) in [5.74, 6) is 0.186. The van der Waals surface area contributed by atoms with Crippen molar-refractivity contribution in [1.29, 1.82) is 0 Å². The second kappa shape index (κ2) is 6.83. The zero-order valence-electron chi connectivity index (χ0n) is 12.2. The molecule has 0 saturated carbocycles. The summed E-state index contributed by atoms with van der Waals surface area (Å²) in [6, 6.07) is 15.3. The largest absolute Gasteiger partial charge is 0.347 e. The molecule has 1 aromatic heterocycles. The van der Waals surface area contributed by atoms with Crippen LogP contribution in [0.5, 0.6) is 0 Å². The molecule has 23 heavy (non-hydrogen) atoms. The van der Waals surface area contributed by atoms with E-state index in [9.17, 15) is 9.18 Å². The number of carbonyl (C=O) groups is 1. The van der Waals surface area contributed by atoms with E-state index in [2.05, 4.69) is 15.5 Å². The minimum absolute atomic E-state index is 0.0947. The summed E-state index contributed by atoms with van der Waals surface area (Å²) in [5, 5.41) is 6.55. The summed E-state index contributed by atoms with van der Waals surface area (Å²) in [4.78, 5) is 16.1. The van der Waals surface area contributed by atoms with Crippen LogP contribution in [-0.4, -0.2) is 16.0 Å². The normalized spacial score (nSPS) is 10.5. The zero-order valence-corrected chi connectivity index (χ0v) is 12.2. The number of nitrogens with zero attached hydrogens (tertiary/aromatic N) is 2. The van der Waals surface area contributed by atoms with Crippen molar-refractivity contribution in [3.8, 4) is 11.4 Å². The van der Waals surface area contributed by atoms with Crippen molar-refractivity contribution in [2.24, 2.45) is 0 Å². The van der Waals surface area contributed by atoms with Gasteiger partial charge in [0, 0.05) is 5.56 Å². The van der Waals surface area contributed by atoms with Crippen molar-refractivity contribution < 1.29 is 13.7 Å². The van der Waals surface area contributed by atoms with Gasteiger partial charge in [0.25, 0.3) is 0 Å². The molecule has 116 valence electrons. The summed E-state index contributed by atoms with van der Waals surface area (Å²) >= 11 is 0. The fraction of sp³-hybridized carbons (Fsp3) is 0.118. The average molecular weight is 311 g/mol. The van der Waals surface area contributed by atoms with Crippen LogP contribution in [0.15, 0.2) is 59.1 Å². The van der Waals surface area contributed by atoms with Gasteiger partial charge >= 0.3 is 0 Å². The Morgan fingerprint density at radius 2 is 1.96 bits per heavy atom. The second-order valence-corrected chi connectivity index (χ2v) is 4.96. The Kier molecular flexibility index (Phi) is 4.42. The molecule has 0 spiro atoms. The highest BCUT2D eigenvalue weighted by molar-refractivity contribution is 5.78. The van der Waals surface area contributed by atoms with Crippen LogP contribution >= 0.6 is 0 Å². The highest BCUT2D eigenvalue weighted by Gasteiger charge is 2.10. The summed E-state index contributed by atoms with van der Waals surface area (Å²) < 4.78 is 18.2. The lowest BCUT2D eigenvalue weighted by Gasteiger charge is -2.02. The SMILES string of the molecule is O=C(Cc1cccc(F)c1)NCc1nc(-c2ccccc2)no1. The molecule has 0 unspecified atom stereocenters. The van der Waals surface area contributed by atoms with E-state index in [0.29, 0.717) is 17.3 Å². The molecule has 0 aliphatic heterocycles. The van der Waals surface area contributed by atoms with Crippen LogP contribution in [0.4, 0.5) is 4.39 Å². The highest BCUT2D eigenvalue weighted by atomic mass is 19.1. The average Bonchev–Trinajstić information content (AvgIpc) is 3.03. The van der Waals surface area contributed by atoms with Crippen LogP contribution < -0.4 is 5.32 Å². The second-order valence-electron chi connectivity index (χ2n) is 4.96. The molecule has 0 aliphatic rings. The summed E-state index contributed by atoms with van der Waals surface area (Å²) in [6.45, 7) is 0.133. The molecule has 0 radical (unpaired) electrons. The standard InChI is InChI=1S/C17H14FN3O2/c18-14-8-4-5-12(9-14)10-15(22)19-11-16-20-17(21-23-16)13-6-2-1-3-7-13/h1-9H,10-11H2,(H,19,22). The molecule has 1 amide bonds. The van der Waals surface area contributed by atoms with Crippen LogP contribution in [0.2, 0.25) is 0 Å². The van der Waals surface area contributed by atoms with Crippen molar-refractivity contribution in [2.45, 2.75) is 13.0 Å². The number of hydrogen-bond acceptors (Lipinski definition) is 4. The summed E-state index contributed by atoms with van der Waals surface area (Å²) in [7, 11) is 0. The monoisotopic (exact) mass is 311 g/mol. The number of halogens is 1. The van der Waals surface area contributed by atoms with Gasteiger partial charge in [-0.05, 0) is 17.7 Å². The van der Waals surface area contributed by atoms with E-state index in [0.717, 1.165) is 5.56 Å². The Morgan fingerprint density at radius 1 is 1.13 bits per heavy atom. The maximum Gasteiger partial charge on any atom is 0.246 e. The van der Waals surface area contributed by atoms with Crippen LogP contribution in [0, 0.1) is 5.82 Å². The first-order valence-corrected chi connectivity index (χ1v) is 7.10. The Hall–Kier alpha value is -3.02. The molecule has 0 fully saturated rings. The molecule has 0 aliphatic carbocycles. The number of rotatable bonds is 5. The maximum absolute atomic E-state index is 13.1. The van der Waals surface area contributed by atoms with Crippen molar-refractivity contribution in [2.75, 3.05) is 0 Å². The minimum Gasteiger partial charge on any atom is -0.347 e. The minimum atomic E-state index is -0.361. The maximum atomic E-state index is 13.1. The number of nitrogens with one attached hydrogen (secondary N) is 1. The van der Waals surface area contributed by atoms with Crippen LogP contribution in [-0.2, 0) is 17.8 Å². The highest BCUT2D eigenvalue weighted by Crippen LogP contribution is 2.14. The Morgan fingerprint density at radius 3 is 2.74 bits per heavy atom. The van der Waals surface area contributed by atoms with E-state index in [4.69, 9.17) is 4.52 Å². The third-order valence-corrected chi connectivity index (χ3v) is 3.19. The van der Waals surface area contributed by atoms with Gasteiger partial charge in [0.2, 0.25) is 17.6 Å². The molecule has 1 heterocycles. The predicted octanol–water partition coefficient (Wildman–Crippen LogP) is 2.73. The number of benzene rings is 2. The van der Waals surface area contributed by atoms with Gasteiger partial charge in [0.05, 0.1) is 13.0 Å². The smallest absolute Gasteiger partial charge is 0.246 e. The van der Waals surface area contributed by atoms with Gasteiger partial charge in [0.15, 0.2) is 0 Å². The lowest BCUT2D eigenvalue weighted by atomic mass is 10.1. The van der Waals surface area contributed by atoms with E-state index in [1.807, 2.05) is 30.3 Å².